The first-order chi connectivity index (χ1) is 3.43. The van der Waals surface area contributed by atoms with E-state index in [2.05, 4.69) is 4.79 Å². The van der Waals surface area contributed by atoms with Gasteiger partial charge < -0.3 is 5.53 Å². The topological polar surface area (TPSA) is 36.4 Å². The first-order valence-corrected chi connectivity index (χ1v) is 3.75. The SMILES string of the molecule is [N-]=[N+]=C1CCPC1. The van der Waals surface area contributed by atoms with Crippen molar-refractivity contribution in [2.24, 2.45) is 0 Å². The molecule has 1 unspecified atom stereocenters. The van der Waals surface area contributed by atoms with E-state index in [0.29, 0.717) is 0 Å². The minimum absolute atomic E-state index is 0.985. The van der Waals surface area contributed by atoms with Crippen LogP contribution in [0.2, 0.25) is 0 Å². The van der Waals surface area contributed by atoms with E-state index in [1.807, 2.05) is 0 Å². The zero-order valence-electron chi connectivity index (χ0n) is 4.02. The lowest BCUT2D eigenvalue weighted by atomic mass is 10.3. The highest BCUT2D eigenvalue weighted by molar-refractivity contribution is 7.40. The summed E-state index contributed by atoms with van der Waals surface area (Å²) in [5.74, 6) is 0. The Bertz CT molecular complexity index is 107. The van der Waals surface area contributed by atoms with Crippen LogP contribution in [0.4, 0.5) is 0 Å². The van der Waals surface area contributed by atoms with Crippen molar-refractivity contribution in [3.63, 3.8) is 0 Å². The second-order valence-electron chi connectivity index (χ2n) is 1.59. The first kappa shape index (κ1) is 4.96. The van der Waals surface area contributed by atoms with Gasteiger partial charge in [-0.15, -0.1) is 8.58 Å². The lowest BCUT2D eigenvalue weighted by molar-refractivity contribution is -0.00746. The van der Waals surface area contributed by atoms with Gasteiger partial charge in [-0.1, -0.05) is 0 Å². The van der Waals surface area contributed by atoms with Crippen LogP contribution in [0.15, 0.2) is 0 Å². The summed E-state index contributed by atoms with van der Waals surface area (Å²) in [5.41, 5.74) is 9.14. The van der Waals surface area contributed by atoms with Gasteiger partial charge in [0.2, 0.25) is 0 Å². The van der Waals surface area contributed by atoms with Crippen molar-refractivity contribution in [1.29, 1.82) is 0 Å². The highest BCUT2D eigenvalue weighted by Crippen LogP contribution is 2.19. The second kappa shape index (κ2) is 2.20. The summed E-state index contributed by atoms with van der Waals surface area (Å²) in [6, 6.07) is 0. The molecule has 2 nitrogen and oxygen atoms in total. The number of nitrogens with zero attached hydrogens (tertiary/aromatic N) is 2. The zero-order chi connectivity index (χ0) is 5.11. The van der Waals surface area contributed by atoms with Crippen LogP contribution in [0, 0.1) is 0 Å². The maximum atomic E-state index is 8.16. The van der Waals surface area contributed by atoms with Crippen LogP contribution >= 0.6 is 8.58 Å². The number of hydrogen-bond donors (Lipinski definition) is 0. The predicted octanol–water partition coefficient (Wildman–Crippen LogP) is 0.739. The summed E-state index contributed by atoms with van der Waals surface area (Å²) in [5, 5.41) is 0. The van der Waals surface area contributed by atoms with Crippen molar-refractivity contribution >= 4 is 14.3 Å². The Morgan fingerprint density at radius 1 is 1.71 bits per heavy atom. The summed E-state index contributed by atoms with van der Waals surface area (Å²) < 4.78 is 0. The van der Waals surface area contributed by atoms with Crippen LogP contribution in [0.25, 0.3) is 5.53 Å². The van der Waals surface area contributed by atoms with Crippen LogP contribution in [-0.4, -0.2) is 22.8 Å². The molecule has 0 aromatic heterocycles. The summed E-state index contributed by atoms with van der Waals surface area (Å²) in [7, 11) is 1.00. The highest BCUT2D eigenvalue weighted by Gasteiger charge is 2.13. The van der Waals surface area contributed by atoms with Crippen LogP contribution < -0.4 is 0 Å². The molecular formula is C4H7N2P. The highest BCUT2D eigenvalue weighted by atomic mass is 31.1. The maximum Gasteiger partial charge on any atom is 0.273 e. The van der Waals surface area contributed by atoms with Gasteiger partial charge in [-0.05, 0) is 6.16 Å². The van der Waals surface area contributed by atoms with E-state index >= 15 is 0 Å². The molecule has 1 rings (SSSR count). The molecule has 0 aromatic rings. The van der Waals surface area contributed by atoms with Gasteiger partial charge in [-0.2, -0.15) is 4.79 Å². The van der Waals surface area contributed by atoms with Crippen LogP contribution in [0.1, 0.15) is 6.42 Å². The third-order valence-corrected chi connectivity index (χ3v) is 2.32. The molecule has 0 amide bonds. The van der Waals surface area contributed by atoms with Gasteiger partial charge in [0.15, 0.2) is 0 Å². The summed E-state index contributed by atoms with van der Waals surface area (Å²) in [4.78, 5) is 3.11. The molecule has 1 aliphatic heterocycles. The van der Waals surface area contributed by atoms with Gasteiger partial charge >= 0.3 is 0 Å². The third-order valence-electron chi connectivity index (χ3n) is 1.06. The average Bonchev–Trinajstić information content (AvgIpc) is 2.14. The van der Waals surface area contributed by atoms with E-state index in [1.165, 1.54) is 6.16 Å². The van der Waals surface area contributed by atoms with Gasteiger partial charge in [0.1, 0.15) is 0 Å². The molecule has 0 aliphatic carbocycles. The molecule has 0 spiro atoms. The van der Waals surface area contributed by atoms with Crippen molar-refractivity contribution in [2.45, 2.75) is 6.42 Å². The Labute approximate surface area is 44.3 Å². The normalized spacial score (nSPS) is 23.1. The van der Waals surface area contributed by atoms with Crippen LogP contribution in [0.3, 0.4) is 0 Å². The third kappa shape index (κ3) is 1.09. The molecular weight excluding hydrogens is 107 g/mol. The molecule has 38 valence electrons. The Hall–Kier alpha value is -0.190. The van der Waals surface area contributed by atoms with Crippen molar-refractivity contribution in [2.75, 3.05) is 12.3 Å². The van der Waals surface area contributed by atoms with Gasteiger partial charge in [-0.3, -0.25) is 0 Å². The molecule has 0 bridgehead atoms. The molecule has 1 aliphatic rings. The van der Waals surface area contributed by atoms with Crippen molar-refractivity contribution < 1.29 is 4.79 Å². The fourth-order valence-electron chi connectivity index (χ4n) is 0.639. The molecule has 7 heavy (non-hydrogen) atoms. The predicted molar refractivity (Wildman–Crippen MR) is 31.3 cm³/mol. The average molecular weight is 114 g/mol. The fourth-order valence-corrected chi connectivity index (χ4v) is 1.82. The monoisotopic (exact) mass is 114 g/mol. The molecule has 0 N–H and O–H groups in total. The first-order valence-electron chi connectivity index (χ1n) is 2.34. The Morgan fingerprint density at radius 3 is 2.86 bits per heavy atom. The molecule has 0 aromatic carbocycles. The van der Waals surface area contributed by atoms with Crippen LogP contribution in [-0.2, 0) is 0 Å². The largest absolute Gasteiger partial charge is 0.362 e. The summed E-state index contributed by atoms with van der Waals surface area (Å²) >= 11 is 0. The molecule has 0 saturated carbocycles. The van der Waals surface area contributed by atoms with Gasteiger partial charge in [-0.25, -0.2) is 0 Å². The number of hydrogen-bond acceptors (Lipinski definition) is 0. The van der Waals surface area contributed by atoms with Gasteiger partial charge in [0.05, 0.1) is 6.16 Å². The van der Waals surface area contributed by atoms with Crippen LogP contribution in [0.5, 0.6) is 0 Å². The minimum Gasteiger partial charge on any atom is -0.362 e. The molecule has 1 heterocycles. The molecule has 1 saturated heterocycles. The van der Waals surface area contributed by atoms with E-state index < -0.39 is 0 Å². The van der Waals surface area contributed by atoms with Crippen molar-refractivity contribution in [1.82, 2.24) is 0 Å². The lowest BCUT2D eigenvalue weighted by Gasteiger charge is -1.67. The van der Waals surface area contributed by atoms with Crippen molar-refractivity contribution in [3.05, 3.63) is 5.53 Å². The Kier molecular flexibility index (Phi) is 1.56. The lowest BCUT2D eigenvalue weighted by Crippen LogP contribution is -1.92. The van der Waals surface area contributed by atoms with E-state index in [0.717, 1.165) is 26.9 Å². The molecule has 1 atom stereocenters. The Balaban J connectivity index is 2.57. The Morgan fingerprint density at radius 2 is 2.57 bits per heavy atom. The second-order valence-corrected chi connectivity index (χ2v) is 2.95. The molecule has 1 fully saturated rings. The van der Waals surface area contributed by atoms with E-state index in [1.54, 1.807) is 0 Å². The molecule has 3 heteroatoms. The van der Waals surface area contributed by atoms with Gasteiger partial charge in [0.25, 0.3) is 5.71 Å². The quantitative estimate of drug-likeness (QED) is 0.253. The molecule has 0 radical (unpaired) electrons. The zero-order valence-corrected chi connectivity index (χ0v) is 5.02. The summed E-state index contributed by atoms with van der Waals surface area (Å²) in [6.07, 6.45) is 3.30. The minimum atomic E-state index is 0.985. The van der Waals surface area contributed by atoms with Gasteiger partial charge in [0, 0.05) is 6.42 Å². The smallest absolute Gasteiger partial charge is 0.273 e. The van der Waals surface area contributed by atoms with Crippen molar-refractivity contribution in [3.8, 4) is 0 Å². The van der Waals surface area contributed by atoms with E-state index in [9.17, 15) is 0 Å². The number of rotatable bonds is 0. The summed E-state index contributed by atoms with van der Waals surface area (Å²) in [6.45, 7) is 0. The van der Waals surface area contributed by atoms with E-state index in [4.69, 9.17) is 5.53 Å². The standard InChI is InChI=1S/C4H7N2P/c5-6-4-1-2-7-3-4/h7H,1-3H2. The maximum absolute atomic E-state index is 8.16. The fraction of sp³-hybridized carbons (Fsp3) is 0.750. The van der Waals surface area contributed by atoms with E-state index in [-0.39, 0.29) is 0 Å².